The van der Waals surface area contributed by atoms with Crippen LogP contribution >= 0.6 is 0 Å². The van der Waals surface area contributed by atoms with Gasteiger partial charge in [-0.25, -0.2) is 0 Å². The highest BCUT2D eigenvalue weighted by atomic mass is 16.5. The van der Waals surface area contributed by atoms with Crippen molar-refractivity contribution in [3.05, 3.63) is 23.8 Å². The zero-order valence-corrected chi connectivity index (χ0v) is 12.7. The summed E-state index contributed by atoms with van der Waals surface area (Å²) < 4.78 is 5.69. The number of anilines is 1. The van der Waals surface area contributed by atoms with Crippen LogP contribution in [0.15, 0.2) is 18.2 Å². The Morgan fingerprint density at radius 3 is 2.90 bits per heavy atom. The van der Waals surface area contributed by atoms with Crippen LogP contribution in [-0.4, -0.2) is 37.5 Å². The number of ether oxygens (including phenoxy) is 1. The second-order valence-corrected chi connectivity index (χ2v) is 5.37. The Morgan fingerprint density at radius 1 is 1.45 bits per heavy atom. The van der Waals surface area contributed by atoms with E-state index in [0.29, 0.717) is 11.9 Å². The Labute approximate surface area is 121 Å². The first-order valence-electron chi connectivity index (χ1n) is 7.58. The smallest absolute Gasteiger partial charge is 0.122 e. The Kier molecular flexibility index (Phi) is 5.26. The van der Waals surface area contributed by atoms with Crippen molar-refractivity contribution < 1.29 is 9.84 Å². The van der Waals surface area contributed by atoms with Crippen LogP contribution in [0.1, 0.15) is 38.8 Å². The van der Waals surface area contributed by atoms with Crippen LogP contribution in [0.25, 0.3) is 0 Å². The average Bonchev–Trinajstić information content (AvgIpc) is 2.47. The zero-order chi connectivity index (χ0) is 14.5. The number of rotatable bonds is 5. The Bertz CT molecular complexity index is 436. The van der Waals surface area contributed by atoms with Crippen molar-refractivity contribution in [2.45, 2.75) is 39.3 Å². The molecule has 1 aliphatic heterocycles. The molecule has 4 heteroatoms. The van der Waals surface area contributed by atoms with Gasteiger partial charge in [0.15, 0.2) is 0 Å². The molecule has 1 aromatic carbocycles. The first-order chi connectivity index (χ1) is 9.65. The molecule has 0 spiro atoms. The lowest BCUT2D eigenvalue weighted by Gasteiger charge is -2.34. The van der Waals surface area contributed by atoms with E-state index in [1.807, 2.05) is 12.1 Å². The molecule has 0 amide bonds. The minimum absolute atomic E-state index is 0.169. The van der Waals surface area contributed by atoms with E-state index in [1.54, 1.807) is 0 Å². The molecule has 2 unspecified atom stereocenters. The maximum atomic E-state index is 10.2. The minimum atomic E-state index is 0.169. The van der Waals surface area contributed by atoms with E-state index in [1.165, 1.54) is 0 Å². The fraction of sp³-hybridized carbons (Fsp3) is 0.625. The summed E-state index contributed by atoms with van der Waals surface area (Å²) in [6.45, 7) is 9.72. The fourth-order valence-corrected chi connectivity index (χ4v) is 2.71. The van der Waals surface area contributed by atoms with Crippen LogP contribution in [0.3, 0.4) is 0 Å². The van der Waals surface area contributed by atoms with Gasteiger partial charge >= 0.3 is 0 Å². The number of morpholine rings is 1. The highest BCUT2D eigenvalue weighted by Gasteiger charge is 2.20. The summed E-state index contributed by atoms with van der Waals surface area (Å²) in [6.07, 6.45) is 1.32. The molecule has 2 N–H and O–H groups in total. The molecule has 0 aromatic heterocycles. The van der Waals surface area contributed by atoms with Gasteiger partial charge < -0.3 is 20.1 Å². The summed E-state index contributed by atoms with van der Waals surface area (Å²) in [7, 11) is 0. The summed E-state index contributed by atoms with van der Waals surface area (Å²) in [6, 6.07) is 6.17. The largest absolute Gasteiger partial charge is 0.508 e. The highest BCUT2D eigenvalue weighted by Crippen LogP contribution is 2.30. The van der Waals surface area contributed by atoms with E-state index < -0.39 is 0 Å². The molecule has 0 aliphatic carbocycles. The van der Waals surface area contributed by atoms with E-state index >= 15 is 0 Å². The molecular formula is C16H26N2O2. The number of nitrogens with zero attached hydrogens (tertiary/aromatic N) is 1. The molecule has 20 heavy (non-hydrogen) atoms. The molecule has 112 valence electrons. The van der Waals surface area contributed by atoms with Crippen LogP contribution in [0.2, 0.25) is 0 Å². The summed E-state index contributed by atoms with van der Waals surface area (Å²) in [5.41, 5.74) is 2.03. The van der Waals surface area contributed by atoms with Crippen molar-refractivity contribution in [3.63, 3.8) is 0 Å². The van der Waals surface area contributed by atoms with Crippen molar-refractivity contribution in [1.29, 1.82) is 0 Å². The van der Waals surface area contributed by atoms with Crippen molar-refractivity contribution >= 4 is 5.69 Å². The molecule has 2 rings (SSSR count). The van der Waals surface area contributed by atoms with E-state index in [4.69, 9.17) is 4.74 Å². The van der Waals surface area contributed by atoms with E-state index in [9.17, 15) is 5.11 Å². The lowest BCUT2D eigenvalue weighted by Crippen LogP contribution is -2.42. The second-order valence-electron chi connectivity index (χ2n) is 5.37. The molecule has 1 fully saturated rings. The van der Waals surface area contributed by atoms with Gasteiger partial charge in [0.25, 0.3) is 0 Å². The average molecular weight is 278 g/mol. The van der Waals surface area contributed by atoms with Gasteiger partial charge in [-0.2, -0.15) is 0 Å². The third kappa shape index (κ3) is 3.44. The van der Waals surface area contributed by atoms with Gasteiger partial charge in [0.2, 0.25) is 0 Å². The molecule has 1 aliphatic rings. The lowest BCUT2D eigenvalue weighted by molar-refractivity contribution is 0.0384. The number of hydrogen-bond acceptors (Lipinski definition) is 4. The molecule has 1 heterocycles. The van der Waals surface area contributed by atoms with E-state index in [-0.39, 0.29) is 6.04 Å². The van der Waals surface area contributed by atoms with Crippen molar-refractivity contribution in [3.8, 4) is 5.75 Å². The van der Waals surface area contributed by atoms with Gasteiger partial charge in [-0.05, 0) is 26.0 Å². The topological polar surface area (TPSA) is 44.7 Å². The normalized spacial score (nSPS) is 20.9. The van der Waals surface area contributed by atoms with Crippen LogP contribution in [0.5, 0.6) is 5.75 Å². The van der Waals surface area contributed by atoms with Gasteiger partial charge in [0, 0.05) is 36.4 Å². The monoisotopic (exact) mass is 278 g/mol. The minimum Gasteiger partial charge on any atom is -0.508 e. The van der Waals surface area contributed by atoms with E-state index in [0.717, 1.165) is 43.9 Å². The number of benzene rings is 1. The highest BCUT2D eigenvalue weighted by molar-refractivity contribution is 5.54. The zero-order valence-electron chi connectivity index (χ0n) is 12.7. The summed E-state index contributed by atoms with van der Waals surface area (Å²) in [5.74, 6) is 0.371. The van der Waals surface area contributed by atoms with Gasteiger partial charge in [0.05, 0.1) is 12.7 Å². The van der Waals surface area contributed by atoms with Crippen LogP contribution < -0.4 is 10.2 Å². The van der Waals surface area contributed by atoms with Crippen LogP contribution in [0, 0.1) is 0 Å². The molecule has 0 bridgehead atoms. The standard InChI is InChI=1S/C16H26N2O2/c1-4-14-11-18(8-9-20-14)13-6-7-15(16(19)10-13)12(3)17-5-2/h6-7,10,12,14,17,19H,4-5,8-9,11H2,1-3H3. The Balaban J connectivity index is 2.12. The molecule has 0 radical (unpaired) electrons. The Hall–Kier alpha value is -1.26. The molecule has 2 atom stereocenters. The predicted octanol–water partition coefficient (Wildman–Crippen LogP) is 2.68. The number of phenols is 1. The SMILES string of the molecule is CCNC(C)c1ccc(N2CCOC(CC)C2)cc1O. The summed E-state index contributed by atoms with van der Waals surface area (Å²) >= 11 is 0. The first kappa shape index (κ1) is 15.1. The number of aromatic hydroxyl groups is 1. The Morgan fingerprint density at radius 2 is 2.25 bits per heavy atom. The quantitative estimate of drug-likeness (QED) is 0.869. The maximum Gasteiger partial charge on any atom is 0.122 e. The third-order valence-electron chi connectivity index (χ3n) is 3.95. The van der Waals surface area contributed by atoms with Gasteiger partial charge in [-0.1, -0.05) is 19.9 Å². The first-order valence-corrected chi connectivity index (χ1v) is 7.58. The van der Waals surface area contributed by atoms with Gasteiger partial charge in [-0.15, -0.1) is 0 Å². The lowest BCUT2D eigenvalue weighted by atomic mass is 10.1. The molecule has 1 aromatic rings. The second kappa shape index (κ2) is 6.95. The van der Waals surface area contributed by atoms with Crippen LogP contribution in [0.4, 0.5) is 5.69 Å². The van der Waals surface area contributed by atoms with Gasteiger partial charge in [0.1, 0.15) is 5.75 Å². The third-order valence-corrected chi connectivity index (χ3v) is 3.95. The number of nitrogens with one attached hydrogen (secondary N) is 1. The molecular weight excluding hydrogens is 252 g/mol. The molecule has 1 saturated heterocycles. The maximum absolute atomic E-state index is 10.2. The molecule has 0 saturated carbocycles. The van der Waals surface area contributed by atoms with E-state index in [2.05, 4.69) is 37.1 Å². The predicted molar refractivity (Wildman–Crippen MR) is 82.4 cm³/mol. The van der Waals surface area contributed by atoms with Crippen molar-refractivity contribution in [2.75, 3.05) is 31.1 Å². The van der Waals surface area contributed by atoms with Crippen LogP contribution in [-0.2, 0) is 4.74 Å². The van der Waals surface area contributed by atoms with Crippen molar-refractivity contribution in [2.24, 2.45) is 0 Å². The molecule has 4 nitrogen and oxygen atoms in total. The van der Waals surface area contributed by atoms with Gasteiger partial charge in [-0.3, -0.25) is 0 Å². The fourth-order valence-electron chi connectivity index (χ4n) is 2.71. The summed E-state index contributed by atoms with van der Waals surface area (Å²) in [5, 5.41) is 13.6. The summed E-state index contributed by atoms with van der Waals surface area (Å²) in [4.78, 5) is 2.29. The van der Waals surface area contributed by atoms with Crippen molar-refractivity contribution in [1.82, 2.24) is 5.32 Å². The number of phenolic OH excluding ortho intramolecular Hbond substituents is 1. The number of hydrogen-bond donors (Lipinski definition) is 2.